The van der Waals surface area contributed by atoms with Crippen molar-refractivity contribution in [2.45, 2.75) is 26.4 Å². The summed E-state index contributed by atoms with van der Waals surface area (Å²) in [4.78, 5) is 0. The van der Waals surface area contributed by atoms with Gasteiger partial charge in [0.25, 0.3) is 0 Å². The van der Waals surface area contributed by atoms with Crippen LogP contribution in [0.4, 0.5) is 0 Å². The van der Waals surface area contributed by atoms with Crippen molar-refractivity contribution in [2.75, 3.05) is 6.54 Å². The number of benzene rings is 1. The van der Waals surface area contributed by atoms with Gasteiger partial charge in [0.1, 0.15) is 0 Å². The third-order valence-electron chi connectivity index (χ3n) is 2.95. The second kappa shape index (κ2) is 6.16. The van der Waals surface area contributed by atoms with Crippen molar-refractivity contribution in [1.29, 1.82) is 0 Å². The van der Waals surface area contributed by atoms with Gasteiger partial charge in [-0.2, -0.15) is 5.10 Å². The summed E-state index contributed by atoms with van der Waals surface area (Å²) in [6.07, 6.45) is 4.04. The molecule has 0 spiro atoms. The summed E-state index contributed by atoms with van der Waals surface area (Å²) in [5.74, 6) is 0. The fourth-order valence-electron chi connectivity index (χ4n) is 1.91. The molecule has 0 amide bonds. The van der Waals surface area contributed by atoms with Crippen LogP contribution in [0.3, 0.4) is 0 Å². The summed E-state index contributed by atoms with van der Waals surface area (Å²) in [7, 11) is 0. The van der Waals surface area contributed by atoms with Crippen LogP contribution in [-0.4, -0.2) is 16.3 Å². The zero-order chi connectivity index (χ0) is 13.0. The molecule has 1 atom stereocenters. The Labute approximate surface area is 116 Å². The van der Waals surface area contributed by atoms with E-state index in [1.165, 1.54) is 11.1 Å². The van der Waals surface area contributed by atoms with Crippen LogP contribution in [0.1, 0.15) is 31.0 Å². The molecule has 0 bridgehead atoms. The van der Waals surface area contributed by atoms with E-state index in [9.17, 15) is 0 Å². The van der Waals surface area contributed by atoms with Gasteiger partial charge < -0.3 is 5.32 Å². The number of rotatable bonds is 5. The molecule has 1 heterocycles. The predicted octanol–water partition coefficient (Wildman–Crippen LogP) is 3.36. The molecular weight excluding hydrogens is 290 g/mol. The van der Waals surface area contributed by atoms with Gasteiger partial charge in [0, 0.05) is 22.3 Å². The number of nitrogens with one attached hydrogen (secondary N) is 1. The van der Waals surface area contributed by atoms with Crippen LogP contribution in [-0.2, 0) is 6.54 Å². The second-order valence-electron chi connectivity index (χ2n) is 4.34. The number of nitrogens with zero attached hydrogens (tertiary/aromatic N) is 2. The highest BCUT2D eigenvalue weighted by Crippen LogP contribution is 2.18. The average Bonchev–Trinajstić information content (AvgIpc) is 2.81. The summed E-state index contributed by atoms with van der Waals surface area (Å²) in [6.45, 7) is 6.03. The van der Waals surface area contributed by atoms with Crippen LogP contribution in [0.5, 0.6) is 0 Å². The monoisotopic (exact) mass is 307 g/mol. The first kappa shape index (κ1) is 13.3. The summed E-state index contributed by atoms with van der Waals surface area (Å²) < 4.78 is 3.10. The Hall–Kier alpha value is -1.13. The molecule has 3 nitrogen and oxygen atoms in total. The van der Waals surface area contributed by atoms with Gasteiger partial charge in [0.15, 0.2) is 0 Å². The molecule has 0 saturated heterocycles. The summed E-state index contributed by atoms with van der Waals surface area (Å²) >= 11 is 3.56. The summed E-state index contributed by atoms with van der Waals surface area (Å²) in [5.41, 5.74) is 2.46. The van der Waals surface area contributed by atoms with Gasteiger partial charge >= 0.3 is 0 Å². The van der Waals surface area contributed by atoms with E-state index in [1.54, 1.807) is 0 Å². The van der Waals surface area contributed by atoms with E-state index in [4.69, 9.17) is 0 Å². The Morgan fingerprint density at radius 3 is 2.89 bits per heavy atom. The SMILES string of the molecule is CCNC(C)c1cnn(Cc2ccccc2Br)c1. The number of aromatic nitrogens is 2. The fraction of sp³-hybridized carbons (Fsp3) is 0.357. The molecule has 0 aliphatic carbocycles. The molecule has 2 aromatic rings. The lowest BCUT2D eigenvalue weighted by Crippen LogP contribution is -2.17. The Morgan fingerprint density at radius 2 is 2.17 bits per heavy atom. The molecule has 18 heavy (non-hydrogen) atoms. The van der Waals surface area contributed by atoms with Crippen molar-refractivity contribution in [2.24, 2.45) is 0 Å². The normalized spacial score (nSPS) is 12.6. The quantitative estimate of drug-likeness (QED) is 0.918. The average molecular weight is 308 g/mol. The molecule has 1 unspecified atom stereocenters. The highest BCUT2D eigenvalue weighted by molar-refractivity contribution is 9.10. The van der Waals surface area contributed by atoms with Gasteiger partial charge in [-0.1, -0.05) is 41.1 Å². The summed E-state index contributed by atoms with van der Waals surface area (Å²) in [5, 5.41) is 7.80. The zero-order valence-corrected chi connectivity index (χ0v) is 12.3. The summed E-state index contributed by atoms with van der Waals surface area (Å²) in [6, 6.07) is 8.59. The van der Waals surface area contributed by atoms with Crippen LogP contribution < -0.4 is 5.32 Å². The topological polar surface area (TPSA) is 29.9 Å². The molecule has 96 valence electrons. The highest BCUT2D eigenvalue weighted by Gasteiger charge is 2.07. The van der Waals surface area contributed by atoms with Crippen LogP contribution in [0.15, 0.2) is 41.1 Å². The first-order chi connectivity index (χ1) is 8.70. The zero-order valence-electron chi connectivity index (χ0n) is 10.7. The number of halogens is 1. The standard InChI is InChI=1S/C14H18BrN3/c1-3-16-11(2)13-8-17-18(10-13)9-12-6-4-5-7-14(12)15/h4-8,10-11,16H,3,9H2,1-2H3. The van der Waals surface area contributed by atoms with Crippen molar-refractivity contribution in [3.8, 4) is 0 Å². The third-order valence-corrected chi connectivity index (χ3v) is 3.73. The molecule has 0 fully saturated rings. The van der Waals surface area contributed by atoms with Gasteiger partial charge in [0.2, 0.25) is 0 Å². The van der Waals surface area contributed by atoms with E-state index in [0.717, 1.165) is 17.6 Å². The van der Waals surface area contributed by atoms with Crippen molar-refractivity contribution in [1.82, 2.24) is 15.1 Å². The minimum atomic E-state index is 0.350. The first-order valence-electron chi connectivity index (χ1n) is 6.20. The molecule has 1 N–H and O–H groups in total. The maximum Gasteiger partial charge on any atom is 0.0670 e. The van der Waals surface area contributed by atoms with E-state index in [1.807, 2.05) is 23.0 Å². The van der Waals surface area contributed by atoms with Crippen LogP contribution >= 0.6 is 15.9 Å². The Bertz CT molecular complexity index is 507. The van der Waals surface area contributed by atoms with Gasteiger partial charge in [0.05, 0.1) is 12.7 Å². The molecule has 0 aliphatic heterocycles. The molecule has 0 saturated carbocycles. The fourth-order valence-corrected chi connectivity index (χ4v) is 2.32. The molecule has 4 heteroatoms. The number of hydrogen-bond donors (Lipinski definition) is 1. The Balaban J connectivity index is 2.09. The van der Waals surface area contributed by atoms with Gasteiger partial charge in [-0.05, 0) is 25.1 Å². The lowest BCUT2D eigenvalue weighted by atomic mass is 10.2. The lowest BCUT2D eigenvalue weighted by molar-refractivity contribution is 0.596. The maximum atomic E-state index is 4.41. The minimum Gasteiger partial charge on any atom is -0.310 e. The number of hydrogen-bond acceptors (Lipinski definition) is 2. The first-order valence-corrected chi connectivity index (χ1v) is 6.99. The molecule has 2 rings (SSSR count). The van der Waals surface area contributed by atoms with Crippen LogP contribution in [0.25, 0.3) is 0 Å². The van der Waals surface area contributed by atoms with Crippen LogP contribution in [0.2, 0.25) is 0 Å². The van der Waals surface area contributed by atoms with Crippen molar-refractivity contribution in [3.63, 3.8) is 0 Å². The van der Waals surface area contributed by atoms with E-state index < -0.39 is 0 Å². The highest BCUT2D eigenvalue weighted by atomic mass is 79.9. The van der Waals surface area contributed by atoms with E-state index in [-0.39, 0.29) is 0 Å². The van der Waals surface area contributed by atoms with E-state index >= 15 is 0 Å². The second-order valence-corrected chi connectivity index (χ2v) is 5.20. The Morgan fingerprint density at radius 1 is 1.39 bits per heavy atom. The smallest absolute Gasteiger partial charge is 0.0670 e. The van der Waals surface area contributed by atoms with Gasteiger partial charge in [-0.15, -0.1) is 0 Å². The molecule has 1 aromatic heterocycles. The van der Waals surface area contributed by atoms with Gasteiger partial charge in [-0.25, -0.2) is 0 Å². The maximum absolute atomic E-state index is 4.41. The molecular formula is C14H18BrN3. The molecule has 0 radical (unpaired) electrons. The van der Waals surface area contributed by atoms with Crippen LogP contribution in [0, 0.1) is 0 Å². The van der Waals surface area contributed by atoms with Crippen molar-refractivity contribution < 1.29 is 0 Å². The largest absolute Gasteiger partial charge is 0.310 e. The van der Waals surface area contributed by atoms with Crippen molar-refractivity contribution >= 4 is 15.9 Å². The molecule has 1 aromatic carbocycles. The van der Waals surface area contributed by atoms with Crippen molar-refractivity contribution in [3.05, 3.63) is 52.3 Å². The Kier molecular flexibility index (Phi) is 4.55. The lowest BCUT2D eigenvalue weighted by Gasteiger charge is -2.09. The minimum absolute atomic E-state index is 0.350. The van der Waals surface area contributed by atoms with E-state index in [0.29, 0.717) is 6.04 Å². The van der Waals surface area contributed by atoms with E-state index in [2.05, 4.69) is 58.5 Å². The molecule has 0 aliphatic rings. The third kappa shape index (κ3) is 3.21. The predicted molar refractivity (Wildman–Crippen MR) is 77.6 cm³/mol. The van der Waals surface area contributed by atoms with Gasteiger partial charge in [-0.3, -0.25) is 4.68 Å².